The fourth-order valence-corrected chi connectivity index (χ4v) is 1.95. The zero-order valence-electron chi connectivity index (χ0n) is 17.5. The van der Waals surface area contributed by atoms with Crippen LogP contribution in [-0.4, -0.2) is 43.3 Å². The molecule has 0 saturated carbocycles. The fraction of sp³-hybridized carbons (Fsp3) is 0.444. The van der Waals surface area contributed by atoms with Gasteiger partial charge in [-0.15, -0.1) is 0 Å². The number of rotatable bonds is 1. The highest BCUT2D eigenvalue weighted by molar-refractivity contribution is 6.33. The highest BCUT2D eigenvalue weighted by Crippen LogP contribution is 2.24. The number of amides is 2. The summed E-state index contributed by atoms with van der Waals surface area (Å²) in [5.74, 6) is 0.127. The van der Waals surface area contributed by atoms with Crippen LogP contribution in [-0.2, 0) is 9.47 Å². The van der Waals surface area contributed by atoms with Crippen molar-refractivity contribution < 1.29 is 19.1 Å². The van der Waals surface area contributed by atoms with Crippen molar-refractivity contribution in [1.82, 2.24) is 19.9 Å². The van der Waals surface area contributed by atoms with Gasteiger partial charge in [0, 0.05) is 24.8 Å². The third-order valence-corrected chi connectivity index (χ3v) is 3.24. The molecular formula is C18H24Cl2N6O4. The van der Waals surface area contributed by atoms with Gasteiger partial charge < -0.3 is 15.2 Å². The van der Waals surface area contributed by atoms with Gasteiger partial charge in [-0.05, 0) is 41.5 Å². The molecule has 2 N–H and O–H groups in total. The van der Waals surface area contributed by atoms with Gasteiger partial charge in [0.1, 0.15) is 11.2 Å². The Morgan fingerprint density at radius 1 is 0.800 bits per heavy atom. The summed E-state index contributed by atoms with van der Waals surface area (Å²) in [5.41, 5.74) is 3.62. The lowest BCUT2D eigenvalue weighted by atomic mass is 10.2. The van der Waals surface area contributed by atoms with E-state index in [1.807, 2.05) is 0 Å². The molecule has 0 aliphatic heterocycles. The summed E-state index contributed by atoms with van der Waals surface area (Å²) >= 11 is 11.3. The van der Waals surface area contributed by atoms with Gasteiger partial charge in [-0.25, -0.2) is 29.5 Å². The van der Waals surface area contributed by atoms with Crippen LogP contribution >= 0.6 is 23.2 Å². The molecular weight excluding hydrogens is 435 g/mol. The number of hydrogen-bond donors (Lipinski definition) is 1. The highest BCUT2D eigenvalue weighted by Gasteiger charge is 2.35. The van der Waals surface area contributed by atoms with Gasteiger partial charge in [0.25, 0.3) is 0 Å². The Morgan fingerprint density at radius 2 is 1.20 bits per heavy atom. The predicted octanol–water partition coefficient (Wildman–Crippen LogP) is 4.52. The zero-order valence-corrected chi connectivity index (χ0v) is 19.0. The average Bonchev–Trinajstić information content (AvgIpc) is 2.57. The van der Waals surface area contributed by atoms with Crippen LogP contribution in [0.4, 0.5) is 21.2 Å². The molecule has 0 spiro atoms. The summed E-state index contributed by atoms with van der Waals surface area (Å²) in [6, 6.07) is 0. The standard InChI is InChI=1S/C14H20ClN3O4.C4H4ClN3/c1-13(2,3)21-11(19)18(12(20)22-14(4,5)6)10-9(15)16-7-8-17-10;5-3-4(6)8-2-1-7-3/h7-8H,1-6H3;1-2H,(H2,6,8). The maximum absolute atomic E-state index is 12.3. The number of aromatic nitrogens is 4. The second kappa shape index (κ2) is 10.4. The van der Waals surface area contributed by atoms with Crippen LogP contribution in [0.25, 0.3) is 0 Å². The minimum atomic E-state index is -0.941. The maximum atomic E-state index is 12.3. The first-order valence-corrected chi connectivity index (χ1v) is 9.41. The molecule has 12 heteroatoms. The Hall–Kier alpha value is -2.72. The van der Waals surface area contributed by atoms with E-state index in [2.05, 4.69) is 19.9 Å². The van der Waals surface area contributed by atoms with E-state index in [0.717, 1.165) is 0 Å². The molecule has 2 aromatic rings. The number of halogens is 2. The molecule has 0 fully saturated rings. The lowest BCUT2D eigenvalue weighted by Crippen LogP contribution is -2.44. The van der Waals surface area contributed by atoms with Crippen LogP contribution in [0.5, 0.6) is 0 Å². The van der Waals surface area contributed by atoms with E-state index in [4.69, 9.17) is 38.4 Å². The Bertz CT molecular complexity index is 834. The number of hydrogen-bond acceptors (Lipinski definition) is 9. The second-order valence-corrected chi connectivity index (χ2v) is 8.42. The van der Waals surface area contributed by atoms with E-state index >= 15 is 0 Å². The predicted molar refractivity (Wildman–Crippen MR) is 113 cm³/mol. The monoisotopic (exact) mass is 458 g/mol. The van der Waals surface area contributed by atoms with Gasteiger partial charge in [0.05, 0.1) is 0 Å². The van der Waals surface area contributed by atoms with Gasteiger partial charge in [-0.3, -0.25) is 0 Å². The number of imide groups is 1. The van der Waals surface area contributed by atoms with Gasteiger partial charge in [0.15, 0.2) is 21.9 Å². The van der Waals surface area contributed by atoms with Gasteiger partial charge in [0.2, 0.25) is 0 Å². The van der Waals surface area contributed by atoms with Crippen molar-refractivity contribution in [3.8, 4) is 0 Å². The Labute approximate surface area is 184 Å². The van der Waals surface area contributed by atoms with Crippen molar-refractivity contribution in [1.29, 1.82) is 0 Å². The molecule has 0 bridgehead atoms. The molecule has 0 aliphatic carbocycles. The quantitative estimate of drug-likeness (QED) is 0.653. The first-order valence-electron chi connectivity index (χ1n) is 8.66. The molecule has 2 heterocycles. The molecule has 0 radical (unpaired) electrons. The SMILES string of the molecule is CC(C)(C)OC(=O)N(C(=O)OC(C)(C)C)c1nccnc1Cl.Nc1nccnc1Cl. The van der Waals surface area contributed by atoms with Crippen LogP contribution in [0, 0.1) is 0 Å². The minimum Gasteiger partial charge on any atom is -0.443 e. The van der Waals surface area contributed by atoms with E-state index in [1.165, 1.54) is 24.8 Å². The first-order chi connectivity index (χ1) is 13.7. The van der Waals surface area contributed by atoms with Crippen LogP contribution in [0.1, 0.15) is 41.5 Å². The Kier molecular flexibility index (Phi) is 8.74. The smallest absolute Gasteiger partial charge is 0.425 e. The van der Waals surface area contributed by atoms with Crippen LogP contribution < -0.4 is 10.6 Å². The summed E-state index contributed by atoms with van der Waals surface area (Å²) in [7, 11) is 0. The van der Waals surface area contributed by atoms with E-state index in [0.29, 0.717) is 4.90 Å². The summed E-state index contributed by atoms with van der Waals surface area (Å²) < 4.78 is 10.4. The number of nitrogens with two attached hydrogens (primary N) is 1. The van der Waals surface area contributed by atoms with Crippen molar-refractivity contribution >= 4 is 47.0 Å². The molecule has 0 atom stereocenters. The Balaban J connectivity index is 0.000000467. The number of carbonyl (C=O) groups excluding carboxylic acids is 2. The molecule has 0 aromatic carbocycles. The number of nitrogen functional groups attached to an aromatic ring is 1. The largest absolute Gasteiger partial charge is 0.443 e. The molecule has 164 valence electrons. The van der Waals surface area contributed by atoms with Crippen molar-refractivity contribution in [2.45, 2.75) is 52.7 Å². The van der Waals surface area contributed by atoms with E-state index in [1.54, 1.807) is 41.5 Å². The lowest BCUT2D eigenvalue weighted by molar-refractivity contribution is 0.0429. The third-order valence-electron chi connectivity index (χ3n) is 2.68. The van der Waals surface area contributed by atoms with Crippen LogP contribution in [0.3, 0.4) is 0 Å². The maximum Gasteiger partial charge on any atom is 0.425 e. The van der Waals surface area contributed by atoms with Gasteiger partial charge in [-0.2, -0.15) is 4.90 Å². The number of ether oxygens (including phenoxy) is 2. The molecule has 0 saturated heterocycles. The number of anilines is 2. The normalized spacial score (nSPS) is 11.1. The van der Waals surface area contributed by atoms with E-state index in [-0.39, 0.29) is 21.9 Å². The van der Waals surface area contributed by atoms with E-state index in [9.17, 15) is 9.59 Å². The number of nitrogens with zero attached hydrogens (tertiary/aromatic N) is 5. The summed E-state index contributed by atoms with van der Waals surface area (Å²) in [5, 5.41) is 0.145. The van der Waals surface area contributed by atoms with Crippen molar-refractivity contribution in [2.75, 3.05) is 10.6 Å². The summed E-state index contributed by atoms with van der Waals surface area (Å²) in [6.07, 6.45) is 3.74. The minimum absolute atomic E-state index is 0.112. The molecule has 30 heavy (non-hydrogen) atoms. The molecule has 0 unspecified atom stereocenters. The summed E-state index contributed by atoms with van der Waals surface area (Å²) in [4.78, 5) is 40.3. The van der Waals surface area contributed by atoms with Crippen molar-refractivity contribution in [3.63, 3.8) is 0 Å². The average molecular weight is 459 g/mol. The molecule has 2 aromatic heterocycles. The topological polar surface area (TPSA) is 133 Å². The number of carbonyl (C=O) groups is 2. The second-order valence-electron chi connectivity index (χ2n) is 7.70. The summed E-state index contributed by atoms with van der Waals surface area (Å²) in [6.45, 7) is 10.1. The van der Waals surface area contributed by atoms with Crippen LogP contribution in [0.15, 0.2) is 24.8 Å². The highest BCUT2D eigenvalue weighted by atomic mass is 35.5. The Morgan fingerprint density at radius 3 is 1.53 bits per heavy atom. The molecule has 10 nitrogen and oxygen atoms in total. The molecule has 0 aliphatic rings. The third kappa shape index (κ3) is 8.75. The first kappa shape index (κ1) is 25.3. The fourth-order valence-electron chi connectivity index (χ4n) is 1.66. The lowest BCUT2D eigenvalue weighted by Gasteiger charge is -2.28. The zero-order chi connectivity index (χ0) is 23.1. The molecule has 2 amide bonds. The molecule has 2 rings (SSSR count). The van der Waals surface area contributed by atoms with Crippen molar-refractivity contribution in [2.24, 2.45) is 0 Å². The van der Waals surface area contributed by atoms with Crippen LogP contribution in [0.2, 0.25) is 10.3 Å². The van der Waals surface area contributed by atoms with Crippen molar-refractivity contribution in [3.05, 3.63) is 35.1 Å². The van der Waals surface area contributed by atoms with Gasteiger partial charge in [-0.1, -0.05) is 23.2 Å². The van der Waals surface area contributed by atoms with E-state index < -0.39 is 23.4 Å². The van der Waals surface area contributed by atoms with Gasteiger partial charge >= 0.3 is 12.2 Å².